The largest absolute Gasteiger partial charge is 0.481 e. The highest BCUT2D eigenvalue weighted by Gasteiger charge is 2.28. The lowest BCUT2D eigenvalue weighted by Crippen LogP contribution is -2.31. The van der Waals surface area contributed by atoms with Gasteiger partial charge >= 0.3 is 5.97 Å². The van der Waals surface area contributed by atoms with Crippen molar-refractivity contribution in [3.8, 4) is 0 Å². The molecule has 0 aromatic heterocycles. The number of hydrogen-bond acceptors (Lipinski definition) is 5. The molecule has 4 N–H and O–H groups in total. The monoisotopic (exact) mass is 590 g/mol. The molecule has 202 valence electrons. The van der Waals surface area contributed by atoms with E-state index in [1.807, 2.05) is 73.8 Å². The van der Waals surface area contributed by atoms with Crippen LogP contribution in [0.5, 0.6) is 0 Å². The molecule has 4 rings (SSSR count). The number of hydrogen-bond donors (Lipinski definition) is 4. The van der Waals surface area contributed by atoms with Gasteiger partial charge in [-0.1, -0.05) is 40.2 Å². The fraction of sp³-hybridized carbons (Fsp3) is 0.233. The second kappa shape index (κ2) is 12.7. The minimum absolute atomic E-state index is 0.0164. The molecular formula is C30H31BrN4O4. The number of carboxylic acid groups (broad SMARTS) is 1. The molecule has 0 aliphatic carbocycles. The van der Waals surface area contributed by atoms with Gasteiger partial charge < -0.3 is 26.0 Å². The van der Waals surface area contributed by atoms with Crippen molar-refractivity contribution in [2.75, 3.05) is 35.7 Å². The Morgan fingerprint density at radius 2 is 1.82 bits per heavy atom. The van der Waals surface area contributed by atoms with Crippen LogP contribution in [-0.4, -0.2) is 43.0 Å². The van der Waals surface area contributed by atoms with Gasteiger partial charge in [-0.2, -0.15) is 0 Å². The van der Waals surface area contributed by atoms with Crippen LogP contribution in [0.4, 0.5) is 17.1 Å². The van der Waals surface area contributed by atoms with E-state index in [1.165, 1.54) is 0 Å². The summed E-state index contributed by atoms with van der Waals surface area (Å²) in [5.41, 5.74) is 5.74. The summed E-state index contributed by atoms with van der Waals surface area (Å²) >= 11 is 3.46. The molecule has 8 nitrogen and oxygen atoms in total. The molecule has 0 bridgehead atoms. The maximum absolute atomic E-state index is 13.2. The second-order valence-corrected chi connectivity index (χ2v) is 10.2. The molecule has 1 aliphatic heterocycles. The number of rotatable bonds is 11. The van der Waals surface area contributed by atoms with Gasteiger partial charge in [0.05, 0.1) is 17.0 Å². The Bertz CT molecular complexity index is 1420. The number of halogens is 1. The van der Waals surface area contributed by atoms with Gasteiger partial charge in [-0.15, -0.1) is 0 Å². The highest BCUT2D eigenvalue weighted by molar-refractivity contribution is 9.10. The number of nitrogens with zero attached hydrogens (tertiary/aromatic N) is 1. The highest BCUT2D eigenvalue weighted by Crippen LogP contribution is 2.39. The van der Waals surface area contributed by atoms with Crippen molar-refractivity contribution in [1.82, 2.24) is 5.32 Å². The summed E-state index contributed by atoms with van der Waals surface area (Å²) in [6, 6.07) is 20.7. The Labute approximate surface area is 236 Å². The molecule has 0 saturated heterocycles. The Morgan fingerprint density at radius 3 is 2.51 bits per heavy atom. The van der Waals surface area contributed by atoms with Crippen LogP contribution in [0.2, 0.25) is 0 Å². The summed E-state index contributed by atoms with van der Waals surface area (Å²) in [6.45, 7) is 2.97. The molecule has 2 amide bonds. The van der Waals surface area contributed by atoms with Crippen molar-refractivity contribution in [1.29, 1.82) is 0 Å². The molecule has 9 heteroatoms. The number of benzene rings is 3. The first-order valence-corrected chi connectivity index (χ1v) is 13.5. The number of anilines is 3. The first-order chi connectivity index (χ1) is 18.8. The van der Waals surface area contributed by atoms with E-state index in [2.05, 4.69) is 31.9 Å². The Kier molecular flexibility index (Phi) is 9.16. The highest BCUT2D eigenvalue weighted by atomic mass is 79.9. The normalized spacial score (nSPS) is 13.5. The van der Waals surface area contributed by atoms with Crippen molar-refractivity contribution in [3.05, 3.63) is 87.9 Å². The Balaban J connectivity index is 1.73. The average Bonchev–Trinajstić information content (AvgIpc) is 3.23. The van der Waals surface area contributed by atoms with Crippen LogP contribution in [0.1, 0.15) is 36.5 Å². The number of carboxylic acids is 1. The fourth-order valence-corrected chi connectivity index (χ4v) is 4.92. The average molecular weight is 592 g/mol. The molecule has 1 heterocycles. The third-order valence-corrected chi connectivity index (χ3v) is 6.95. The van der Waals surface area contributed by atoms with E-state index in [-0.39, 0.29) is 18.2 Å². The standard InChI is InChI=1S/C30H31BrN4O4/c1-19(36)35(16-4-15-32-2)24-11-9-23(10-12-24)33-29(21-6-3-5-20(17-21)7-14-27(37)38)28-25-13-8-22(31)18-26(25)34-30(28)39/h3,5-6,8-13,17-18,32-33H,4,7,14-16H2,1-2H3,(H,34,39)(H,37,38). The maximum atomic E-state index is 13.2. The third kappa shape index (κ3) is 6.93. The van der Waals surface area contributed by atoms with Gasteiger partial charge in [0.2, 0.25) is 5.91 Å². The SMILES string of the molecule is CNCCCN(C(C)=O)c1ccc(NC(=C2C(=O)Nc3cc(Br)ccc32)c2cccc(CCC(=O)O)c2)cc1. The van der Waals surface area contributed by atoms with Crippen LogP contribution in [0, 0.1) is 0 Å². The fourth-order valence-electron chi connectivity index (χ4n) is 4.56. The second-order valence-electron chi connectivity index (χ2n) is 9.29. The predicted octanol–water partition coefficient (Wildman–Crippen LogP) is 5.36. The summed E-state index contributed by atoms with van der Waals surface area (Å²) in [5, 5.41) is 18.6. The van der Waals surface area contributed by atoms with E-state index in [4.69, 9.17) is 5.11 Å². The number of aryl methyl sites for hydroxylation is 1. The van der Waals surface area contributed by atoms with Crippen LogP contribution in [0.3, 0.4) is 0 Å². The summed E-state index contributed by atoms with van der Waals surface area (Å²) in [4.78, 5) is 38.4. The number of carbonyl (C=O) groups is 3. The summed E-state index contributed by atoms with van der Waals surface area (Å²) in [5.74, 6) is -1.12. The molecule has 3 aromatic carbocycles. The molecule has 0 fully saturated rings. The summed E-state index contributed by atoms with van der Waals surface area (Å²) in [7, 11) is 1.88. The van der Waals surface area contributed by atoms with E-state index < -0.39 is 5.97 Å². The van der Waals surface area contributed by atoms with Crippen LogP contribution in [-0.2, 0) is 20.8 Å². The van der Waals surface area contributed by atoms with Gasteiger partial charge in [0.15, 0.2) is 0 Å². The number of fused-ring (bicyclic) bond motifs is 1. The summed E-state index contributed by atoms with van der Waals surface area (Å²) < 4.78 is 0.855. The van der Waals surface area contributed by atoms with Crippen LogP contribution in [0.15, 0.2) is 71.2 Å². The van der Waals surface area contributed by atoms with E-state index in [9.17, 15) is 14.4 Å². The van der Waals surface area contributed by atoms with Crippen molar-refractivity contribution in [2.24, 2.45) is 0 Å². The lowest BCUT2D eigenvalue weighted by atomic mass is 9.97. The molecule has 1 aliphatic rings. The first-order valence-electron chi connectivity index (χ1n) is 12.7. The molecule has 0 unspecified atom stereocenters. The predicted molar refractivity (Wildman–Crippen MR) is 159 cm³/mol. The minimum atomic E-state index is -0.863. The van der Waals surface area contributed by atoms with Gasteiger partial charge in [-0.3, -0.25) is 14.4 Å². The zero-order valence-corrected chi connectivity index (χ0v) is 23.5. The topological polar surface area (TPSA) is 111 Å². The molecule has 3 aromatic rings. The van der Waals surface area contributed by atoms with Crippen molar-refractivity contribution < 1.29 is 19.5 Å². The molecular weight excluding hydrogens is 560 g/mol. The molecule has 0 saturated carbocycles. The van der Waals surface area contributed by atoms with Gasteiger partial charge in [0.25, 0.3) is 5.91 Å². The van der Waals surface area contributed by atoms with Crippen molar-refractivity contribution in [3.63, 3.8) is 0 Å². The van der Waals surface area contributed by atoms with Gasteiger partial charge in [0.1, 0.15) is 0 Å². The molecule has 0 atom stereocenters. The molecule has 39 heavy (non-hydrogen) atoms. The minimum Gasteiger partial charge on any atom is -0.481 e. The zero-order chi connectivity index (χ0) is 27.9. The van der Waals surface area contributed by atoms with Gasteiger partial charge in [-0.05, 0) is 80.0 Å². The lowest BCUT2D eigenvalue weighted by molar-refractivity contribution is -0.137. The van der Waals surface area contributed by atoms with Crippen molar-refractivity contribution >= 4 is 62.0 Å². The molecule has 0 spiro atoms. The third-order valence-electron chi connectivity index (χ3n) is 6.46. The van der Waals surface area contributed by atoms with Crippen LogP contribution < -0.4 is 20.9 Å². The number of nitrogens with one attached hydrogen (secondary N) is 3. The lowest BCUT2D eigenvalue weighted by Gasteiger charge is -2.22. The van der Waals surface area contributed by atoms with Crippen molar-refractivity contribution in [2.45, 2.75) is 26.2 Å². The first kappa shape index (κ1) is 28.1. The number of amides is 2. The smallest absolute Gasteiger partial charge is 0.303 e. The maximum Gasteiger partial charge on any atom is 0.303 e. The van der Waals surface area contributed by atoms with Crippen LogP contribution in [0.25, 0.3) is 11.3 Å². The van der Waals surface area contributed by atoms with E-state index >= 15 is 0 Å². The number of carbonyl (C=O) groups excluding carboxylic acids is 2. The van der Waals surface area contributed by atoms with E-state index in [0.29, 0.717) is 29.9 Å². The number of aliphatic carboxylic acids is 1. The summed E-state index contributed by atoms with van der Waals surface area (Å²) in [6.07, 6.45) is 1.22. The van der Waals surface area contributed by atoms with E-state index in [0.717, 1.165) is 45.5 Å². The van der Waals surface area contributed by atoms with Crippen LogP contribution >= 0.6 is 15.9 Å². The Morgan fingerprint density at radius 1 is 1.05 bits per heavy atom. The Hall–Kier alpha value is -3.95. The molecule has 0 radical (unpaired) electrons. The zero-order valence-electron chi connectivity index (χ0n) is 21.9. The van der Waals surface area contributed by atoms with Gasteiger partial charge in [0, 0.05) is 41.3 Å². The van der Waals surface area contributed by atoms with E-state index in [1.54, 1.807) is 11.8 Å². The van der Waals surface area contributed by atoms with Gasteiger partial charge in [-0.25, -0.2) is 0 Å². The quantitative estimate of drug-likeness (QED) is 0.177.